The standard InChI is InChI=1S/C29H25NS/c1-17-13-23-21(20-8-6-5-7-19(17)20)10-11-22-27-24-14-18(15-29(2,3)4)9-12-25(24)31-26(27)16-30-28(22)23/h5-14,16H,15H2,1-4H3. The second-order valence-corrected chi connectivity index (χ2v) is 11.0. The molecule has 0 aliphatic carbocycles. The minimum atomic E-state index is 0.276. The zero-order valence-corrected chi connectivity index (χ0v) is 19.2. The lowest BCUT2D eigenvalue weighted by molar-refractivity contribution is 0.411. The third kappa shape index (κ3) is 2.93. The van der Waals surface area contributed by atoms with Gasteiger partial charge in [-0.05, 0) is 64.2 Å². The van der Waals surface area contributed by atoms with E-state index < -0.39 is 0 Å². The predicted octanol–water partition coefficient (Wildman–Crippen LogP) is 8.81. The number of hydrogen-bond acceptors (Lipinski definition) is 2. The first-order valence-corrected chi connectivity index (χ1v) is 11.8. The van der Waals surface area contributed by atoms with Crippen LogP contribution in [0.1, 0.15) is 31.9 Å². The molecule has 0 saturated heterocycles. The molecule has 2 heteroatoms. The Hall–Kier alpha value is -2.97. The number of aryl methyl sites for hydroxylation is 1. The van der Waals surface area contributed by atoms with E-state index in [0.717, 1.165) is 11.9 Å². The highest BCUT2D eigenvalue weighted by molar-refractivity contribution is 7.26. The van der Waals surface area contributed by atoms with Gasteiger partial charge in [0, 0.05) is 32.4 Å². The highest BCUT2D eigenvalue weighted by Crippen LogP contribution is 2.41. The van der Waals surface area contributed by atoms with Crippen LogP contribution in [-0.2, 0) is 6.42 Å². The van der Waals surface area contributed by atoms with Crippen molar-refractivity contribution in [3.63, 3.8) is 0 Å². The monoisotopic (exact) mass is 419 g/mol. The van der Waals surface area contributed by atoms with Crippen molar-refractivity contribution in [2.75, 3.05) is 0 Å². The van der Waals surface area contributed by atoms with E-state index in [4.69, 9.17) is 4.98 Å². The molecule has 0 aliphatic rings. The lowest BCUT2D eigenvalue weighted by Gasteiger charge is -2.18. The summed E-state index contributed by atoms with van der Waals surface area (Å²) in [6.45, 7) is 9.13. The van der Waals surface area contributed by atoms with E-state index in [0.29, 0.717) is 0 Å². The van der Waals surface area contributed by atoms with Crippen LogP contribution < -0.4 is 0 Å². The van der Waals surface area contributed by atoms with Gasteiger partial charge >= 0.3 is 0 Å². The summed E-state index contributed by atoms with van der Waals surface area (Å²) in [6, 6.07) is 22.6. The maximum atomic E-state index is 4.97. The first-order valence-electron chi connectivity index (χ1n) is 10.9. The maximum absolute atomic E-state index is 4.97. The molecular weight excluding hydrogens is 394 g/mol. The molecule has 0 fully saturated rings. The van der Waals surface area contributed by atoms with Gasteiger partial charge in [0.05, 0.1) is 10.2 Å². The van der Waals surface area contributed by atoms with Crippen LogP contribution >= 0.6 is 11.3 Å². The number of fused-ring (bicyclic) bond motifs is 9. The number of pyridine rings is 1. The molecule has 0 radical (unpaired) electrons. The minimum Gasteiger partial charge on any atom is -0.254 e. The lowest BCUT2D eigenvalue weighted by Crippen LogP contribution is -2.08. The van der Waals surface area contributed by atoms with Gasteiger partial charge in [0.1, 0.15) is 0 Å². The zero-order chi connectivity index (χ0) is 21.3. The molecule has 0 amide bonds. The molecule has 0 atom stereocenters. The largest absolute Gasteiger partial charge is 0.254 e. The second-order valence-electron chi connectivity index (χ2n) is 9.96. The molecule has 4 aromatic carbocycles. The molecule has 1 nitrogen and oxygen atoms in total. The lowest BCUT2D eigenvalue weighted by atomic mass is 9.87. The van der Waals surface area contributed by atoms with Crippen LogP contribution in [0.15, 0.2) is 66.9 Å². The average molecular weight is 420 g/mol. The molecule has 2 heterocycles. The fraction of sp³-hybridized carbons (Fsp3) is 0.207. The molecular formula is C29H25NS. The normalized spacial score (nSPS) is 12.6. The van der Waals surface area contributed by atoms with Crippen molar-refractivity contribution in [2.45, 2.75) is 34.1 Å². The smallest absolute Gasteiger partial charge is 0.0787 e. The molecule has 31 heavy (non-hydrogen) atoms. The van der Waals surface area contributed by atoms with Gasteiger partial charge in [0.25, 0.3) is 0 Å². The van der Waals surface area contributed by atoms with Crippen molar-refractivity contribution in [1.29, 1.82) is 0 Å². The Balaban J connectivity index is 1.72. The predicted molar refractivity (Wildman–Crippen MR) is 138 cm³/mol. The van der Waals surface area contributed by atoms with Gasteiger partial charge < -0.3 is 0 Å². The van der Waals surface area contributed by atoms with E-state index in [1.807, 2.05) is 11.3 Å². The summed E-state index contributed by atoms with van der Waals surface area (Å²) >= 11 is 1.85. The van der Waals surface area contributed by atoms with E-state index >= 15 is 0 Å². The topological polar surface area (TPSA) is 12.9 Å². The Bertz CT molecular complexity index is 1650. The van der Waals surface area contributed by atoms with Crippen LogP contribution in [0.4, 0.5) is 0 Å². The van der Waals surface area contributed by atoms with E-state index in [1.54, 1.807) is 0 Å². The first kappa shape index (κ1) is 18.8. The first-order chi connectivity index (χ1) is 14.9. The van der Waals surface area contributed by atoms with Crippen molar-refractivity contribution in [2.24, 2.45) is 5.41 Å². The van der Waals surface area contributed by atoms with Gasteiger partial charge in [-0.15, -0.1) is 11.3 Å². The number of aromatic nitrogens is 1. The summed E-state index contributed by atoms with van der Waals surface area (Å²) in [4.78, 5) is 4.97. The van der Waals surface area contributed by atoms with Crippen LogP contribution in [0, 0.1) is 12.3 Å². The highest BCUT2D eigenvalue weighted by Gasteiger charge is 2.16. The maximum Gasteiger partial charge on any atom is 0.0787 e. The highest BCUT2D eigenvalue weighted by atomic mass is 32.1. The van der Waals surface area contributed by atoms with Crippen molar-refractivity contribution in [3.8, 4) is 0 Å². The van der Waals surface area contributed by atoms with Gasteiger partial charge in [-0.3, -0.25) is 4.98 Å². The van der Waals surface area contributed by atoms with Crippen LogP contribution in [0.3, 0.4) is 0 Å². The summed E-state index contributed by atoms with van der Waals surface area (Å²) in [5, 5.41) is 9.15. The van der Waals surface area contributed by atoms with E-state index in [1.165, 1.54) is 58.2 Å². The number of hydrogen-bond donors (Lipinski definition) is 0. The summed E-state index contributed by atoms with van der Waals surface area (Å²) in [6.07, 6.45) is 3.16. The quantitative estimate of drug-likeness (QED) is 0.243. The van der Waals surface area contributed by atoms with Crippen molar-refractivity contribution in [1.82, 2.24) is 4.98 Å². The third-order valence-electron chi connectivity index (χ3n) is 6.31. The van der Waals surface area contributed by atoms with Gasteiger partial charge in [0.15, 0.2) is 0 Å². The Kier molecular flexibility index (Phi) is 3.94. The van der Waals surface area contributed by atoms with Crippen LogP contribution in [0.25, 0.3) is 52.6 Å². The van der Waals surface area contributed by atoms with E-state index in [9.17, 15) is 0 Å². The van der Waals surface area contributed by atoms with E-state index in [2.05, 4.69) is 94.6 Å². The fourth-order valence-electron chi connectivity index (χ4n) is 5.06. The fourth-order valence-corrected chi connectivity index (χ4v) is 6.14. The van der Waals surface area contributed by atoms with Crippen LogP contribution in [-0.4, -0.2) is 4.98 Å². The minimum absolute atomic E-state index is 0.276. The van der Waals surface area contributed by atoms with E-state index in [-0.39, 0.29) is 5.41 Å². The summed E-state index contributed by atoms with van der Waals surface area (Å²) < 4.78 is 2.61. The average Bonchev–Trinajstić information content (AvgIpc) is 3.11. The molecule has 0 saturated carbocycles. The third-order valence-corrected chi connectivity index (χ3v) is 7.42. The number of rotatable bonds is 1. The Morgan fingerprint density at radius 3 is 2.29 bits per heavy atom. The number of benzene rings is 4. The molecule has 152 valence electrons. The molecule has 0 spiro atoms. The molecule has 6 aromatic rings. The summed E-state index contributed by atoms with van der Waals surface area (Å²) in [5.41, 5.74) is 4.10. The Morgan fingerprint density at radius 2 is 1.48 bits per heavy atom. The van der Waals surface area contributed by atoms with Gasteiger partial charge in [0.2, 0.25) is 0 Å². The summed E-state index contributed by atoms with van der Waals surface area (Å²) in [7, 11) is 0. The molecule has 0 bridgehead atoms. The number of thiophene rings is 1. The van der Waals surface area contributed by atoms with Crippen LogP contribution in [0.5, 0.6) is 0 Å². The Morgan fingerprint density at radius 1 is 0.742 bits per heavy atom. The van der Waals surface area contributed by atoms with Gasteiger partial charge in [-0.25, -0.2) is 0 Å². The zero-order valence-electron chi connectivity index (χ0n) is 18.4. The van der Waals surface area contributed by atoms with Gasteiger partial charge in [-0.1, -0.05) is 63.2 Å². The van der Waals surface area contributed by atoms with Crippen molar-refractivity contribution in [3.05, 3.63) is 78.0 Å². The molecule has 0 unspecified atom stereocenters. The molecule has 0 aliphatic heterocycles. The molecule has 2 aromatic heterocycles. The summed E-state index contributed by atoms with van der Waals surface area (Å²) in [5.74, 6) is 0. The molecule has 6 rings (SSSR count). The van der Waals surface area contributed by atoms with Gasteiger partial charge in [-0.2, -0.15) is 0 Å². The van der Waals surface area contributed by atoms with Crippen molar-refractivity contribution >= 4 is 64.0 Å². The van der Waals surface area contributed by atoms with Crippen molar-refractivity contribution < 1.29 is 0 Å². The van der Waals surface area contributed by atoms with Crippen LogP contribution in [0.2, 0.25) is 0 Å². The Labute approximate surface area is 186 Å². The SMILES string of the molecule is Cc1cc2c(ccc3c2ncc2sc4ccc(CC(C)(C)C)cc4c23)c2ccccc12. The number of nitrogens with zero attached hydrogens (tertiary/aromatic N) is 1. The molecule has 0 N–H and O–H groups in total. The second kappa shape index (κ2) is 6.51.